The monoisotopic (exact) mass is 342 g/mol. The average Bonchev–Trinajstić information content (AvgIpc) is 2.54. The summed E-state index contributed by atoms with van der Waals surface area (Å²) in [6.45, 7) is 4.24. The molecule has 0 aliphatic heterocycles. The predicted molar refractivity (Wildman–Crippen MR) is 96.9 cm³/mol. The van der Waals surface area contributed by atoms with Gasteiger partial charge in [-0.1, -0.05) is 50.1 Å². The Kier molecular flexibility index (Phi) is 4.91. The van der Waals surface area contributed by atoms with Crippen LogP contribution in [0.15, 0.2) is 48.8 Å². The summed E-state index contributed by atoms with van der Waals surface area (Å²) in [7, 11) is 0. The fraction of sp³-hybridized carbons (Fsp3) is 0.400. The number of pyridine rings is 1. The number of aromatic nitrogens is 1. The van der Waals surface area contributed by atoms with Crippen LogP contribution in [0.1, 0.15) is 50.3 Å². The standard InChI is InChI=1S/C20H23ClN2O/c1-14(2)18(15-5-3-12-22-13-15)23-19(24)20(10-4-11-20)16-6-8-17(21)9-7-16/h3,5-9,12-14,18H,4,10-11H2,1-2H3,(H,23,24)/t18-/m0/s1. The summed E-state index contributed by atoms with van der Waals surface area (Å²) >= 11 is 6.00. The number of nitrogens with zero attached hydrogens (tertiary/aromatic N) is 1. The van der Waals surface area contributed by atoms with E-state index in [1.165, 1.54) is 0 Å². The molecule has 3 rings (SSSR count). The van der Waals surface area contributed by atoms with Crippen LogP contribution in [0.2, 0.25) is 5.02 Å². The molecule has 1 N–H and O–H groups in total. The Hall–Kier alpha value is -1.87. The highest BCUT2D eigenvalue weighted by atomic mass is 35.5. The Morgan fingerprint density at radius 2 is 1.92 bits per heavy atom. The smallest absolute Gasteiger partial charge is 0.231 e. The lowest BCUT2D eigenvalue weighted by Gasteiger charge is -2.42. The molecule has 0 radical (unpaired) electrons. The zero-order chi connectivity index (χ0) is 17.2. The molecule has 2 aromatic rings. The van der Waals surface area contributed by atoms with Gasteiger partial charge < -0.3 is 5.32 Å². The average molecular weight is 343 g/mol. The molecule has 126 valence electrons. The maximum Gasteiger partial charge on any atom is 0.231 e. The van der Waals surface area contributed by atoms with Crippen molar-refractivity contribution in [1.29, 1.82) is 0 Å². The minimum absolute atomic E-state index is 0.0315. The van der Waals surface area contributed by atoms with Gasteiger partial charge in [0.1, 0.15) is 0 Å². The van der Waals surface area contributed by atoms with E-state index >= 15 is 0 Å². The van der Waals surface area contributed by atoms with Gasteiger partial charge in [0.25, 0.3) is 0 Å². The molecular weight excluding hydrogens is 320 g/mol. The first-order chi connectivity index (χ1) is 11.5. The Morgan fingerprint density at radius 3 is 2.42 bits per heavy atom. The topological polar surface area (TPSA) is 42.0 Å². The van der Waals surface area contributed by atoms with Gasteiger partial charge in [0.2, 0.25) is 5.91 Å². The number of amides is 1. The minimum Gasteiger partial charge on any atom is -0.348 e. The number of hydrogen-bond acceptors (Lipinski definition) is 2. The van der Waals surface area contributed by atoms with Gasteiger partial charge in [0.05, 0.1) is 11.5 Å². The number of nitrogens with one attached hydrogen (secondary N) is 1. The molecule has 1 aromatic carbocycles. The molecule has 1 saturated carbocycles. The van der Waals surface area contributed by atoms with E-state index in [1.54, 1.807) is 6.20 Å². The highest BCUT2D eigenvalue weighted by Crippen LogP contribution is 2.44. The molecule has 1 aromatic heterocycles. The Balaban J connectivity index is 1.85. The largest absolute Gasteiger partial charge is 0.348 e. The molecule has 1 fully saturated rings. The van der Waals surface area contributed by atoms with E-state index in [1.807, 2.05) is 42.6 Å². The second-order valence-corrected chi connectivity index (χ2v) is 7.36. The van der Waals surface area contributed by atoms with E-state index in [0.29, 0.717) is 10.9 Å². The molecule has 1 atom stereocenters. The van der Waals surface area contributed by atoms with E-state index in [4.69, 9.17) is 11.6 Å². The molecule has 0 spiro atoms. The van der Waals surface area contributed by atoms with Gasteiger partial charge in [-0.15, -0.1) is 0 Å². The Bertz CT molecular complexity index is 693. The van der Waals surface area contributed by atoms with E-state index < -0.39 is 5.41 Å². The molecule has 1 heterocycles. The van der Waals surface area contributed by atoms with E-state index in [2.05, 4.69) is 24.1 Å². The molecule has 0 saturated heterocycles. The third-order valence-electron chi connectivity index (χ3n) is 5.04. The maximum atomic E-state index is 13.2. The fourth-order valence-electron chi connectivity index (χ4n) is 3.42. The van der Waals surface area contributed by atoms with Crippen molar-refractivity contribution in [1.82, 2.24) is 10.3 Å². The summed E-state index contributed by atoms with van der Waals surface area (Å²) in [6, 6.07) is 11.6. The van der Waals surface area contributed by atoms with Gasteiger partial charge in [-0.05, 0) is 48.1 Å². The lowest BCUT2D eigenvalue weighted by molar-refractivity contribution is -0.131. The van der Waals surface area contributed by atoms with Crippen molar-refractivity contribution in [3.8, 4) is 0 Å². The highest BCUT2D eigenvalue weighted by Gasteiger charge is 2.46. The first-order valence-corrected chi connectivity index (χ1v) is 8.88. The summed E-state index contributed by atoms with van der Waals surface area (Å²) in [5, 5.41) is 3.97. The summed E-state index contributed by atoms with van der Waals surface area (Å²) < 4.78 is 0. The number of hydrogen-bond donors (Lipinski definition) is 1. The van der Waals surface area contributed by atoms with Crippen LogP contribution in [0, 0.1) is 5.92 Å². The molecule has 1 aliphatic carbocycles. The van der Waals surface area contributed by atoms with E-state index in [-0.39, 0.29) is 11.9 Å². The third kappa shape index (κ3) is 3.18. The van der Waals surface area contributed by atoms with Crippen LogP contribution in [-0.2, 0) is 10.2 Å². The van der Waals surface area contributed by atoms with Crippen LogP contribution in [-0.4, -0.2) is 10.9 Å². The quantitative estimate of drug-likeness (QED) is 0.857. The lowest BCUT2D eigenvalue weighted by atomic mass is 9.63. The predicted octanol–water partition coefficient (Wildman–Crippen LogP) is 4.67. The van der Waals surface area contributed by atoms with Gasteiger partial charge in [0.15, 0.2) is 0 Å². The second kappa shape index (κ2) is 6.94. The first kappa shape index (κ1) is 17.0. The van der Waals surface area contributed by atoms with Crippen molar-refractivity contribution in [3.63, 3.8) is 0 Å². The van der Waals surface area contributed by atoms with Gasteiger partial charge in [0, 0.05) is 17.4 Å². The van der Waals surface area contributed by atoms with Crippen molar-refractivity contribution in [2.24, 2.45) is 5.92 Å². The molecule has 0 bridgehead atoms. The first-order valence-electron chi connectivity index (χ1n) is 8.50. The van der Waals surface area contributed by atoms with Crippen molar-refractivity contribution < 1.29 is 4.79 Å². The van der Waals surface area contributed by atoms with E-state index in [9.17, 15) is 4.79 Å². The van der Waals surface area contributed by atoms with E-state index in [0.717, 1.165) is 30.4 Å². The fourth-order valence-corrected chi connectivity index (χ4v) is 3.55. The normalized spacial score (nSPS) is 17.2. The summed E-state index contributed by atoms with van der Waals surface area (Å²) in [6.07, 6.45) is 6.44. The summed E-state index contributed by atoms with van der Waals surface area (Å²) in [4.78, 5) is 17.3. The molecule has 1 aliphatic rings. The number of benzene rings is 1. The maximum absolute atomic E-state index is 13.2. The van der Waals surface area contributed by atoms with Crippen molar-refractivity contribution in [2.45, 2.75) is 44.6 Å². The van der Waals surface area contributed by atoms with Crippen LogP contribution < -0.4 is 5.32 Å². The van der Waals surface area contributed by atoms with Crippen LogP contribution in [0.4, 0.5) is 0 Å². The van der Waals surface area contributed by atoms with Gasteiger partial charge in [-0.25, -0.2) is 0 Å². The number of halogens is 1. The molecule has 3 nitrogen and oxygen atoms in total. The highest BCUT2D eigenvalue weighted by molar-refractivity contribution is 6.30. The number of rotatable bonds is 5. The van der Waals surface area contributed by atoms with Gasteiger partial charge >= 0.3 is 0 Å². The van der Waals surface area contributed by atoms with Crippen molar-refractivity contribution in [3.05, 3.63) is 64.9 Å². The summed E-state index contributed by atoms with van der Waals surface area (Å²) in [5.74, 6) is 0.402. The van der Waals surface area contributed by atoms with Gasteiger partial charge in [-0.2, -0.15) is 0 Å². The zero-order valence-corrected chi connectivity index (χ0v) is 14.9. The molecule has 1 amide bonds. The number of carbonyl (C=O) groups excluding carboxylic acids is 1. The minimum atomic E-state index is -0.417. The number of carbonyl (C=O) groups is 1. The molecule has 4 heteroatoms. The third-order valence-corrected chi connectivity index (χ3v) is 5.29. The molecular formula is C20H23ClN2O. The van der Waals surface area contributed by atoms with Crippen LogP contribution >= 0.6 is 11.6 Å². The summed E-state index contributed by atoms with van der Waals surface area (Å²) in [5.41, 5.74) is 1.69. The van der Waals surface area contributed by atoms with Crippen LogP contribution in [0.3, 0.4) is 0 Å². The SMILES string of the molecule is CC(C)[C@H](NC(=O)C1(c2ccc(Cl)cc2)CCC1)c1cccnc1. The molecule has 0 unspecified atom stereocenters. The second-order valence-electron chi connectivity index (χ2n) is 6.92. The van der Waals surface area contributed by atoms with Gasteiger partial charge in [-0.3, -0.25) is 9.78 Å². The van der Waals surface area contributed by atoms with Crippen LogP contribution in [0.25, 0.3) is 0 Å². The lowest BCUT2D eigenvalue weighted by Crippen LogP contribution is -2.50. The Morgan fingerprint density at radius 1 is 1.21 bits per heavy atom. The molecule has 24 heavy (non-hydrogen) atoms. The van der Waals surface area contributed by atoms with Crippen molar-refractivity contribution in [2.75, 3.05) is 0 Å². The zero-order valence-electron chi connectivity index (χ0n) is 14.1. The van der Waals surface area contributed by atoms with Crippen molar-refractivity contribution >= 4 is 17.5 Å². The Labute approximate surface area is 148 Å². The van der Waals surface area contributed by atoms with Crippen LogP contribution in [0.5, 0.6) is 0 Å².